The van der Waals surface area contributed by atoms with E-state index in [9.17, 15) is 8.42 Å². The second-order valence-corrected chi connectivity index (χ2v) is 5.94. The zero-order chi connectivity index (χ0) is 14.3. The van der Waals surface area contributed by atoms with Gasteiger partial charge >= 0.3 is 0 Å². The molecule has 4 heteroatoms. The molecule has 19 heavy (non-hydrogen) atoms. The molecule has 0 aromatic heterocycles. The van der Waals surface area contributed by atoms with Gasteiger partial charge in [-0.3, -0.25) is 4.72 Å². The van der Waals surface area contributed by atoms with Crippen molar-refractivity contribution in [2.75, 3.05) is 0 Å². The summed E-state index contributed by atoms with van der Waals surface area (Å²) in [7, 11) is -3.48. The van der Waals surface area contributed by atoms with Crippen LogP contribution in [-0.4, -0.2) is 13.7 Å². The van der Waals surface area contributed by atoms with Gasteiger partial charge in [0, 0.05) is 5.70 Å². The number of sulfonamides is 1. The predicted molar refractivity (Wildman–Crippen MR) is 81.0 cm³/mol. The molecule has 0 aliphatic heterocycles. The molecule has 1 aliphatic rings. The van der Waals surface area contributed by atoms with Gasteiger partial charge in [0.05, 0.1) is 0 Å². The highest BCUT2D eigenvalue weighted by Gasteiger charge is 2.20. The van der Waals surface area contributed by atoms with E-state index in [1.165, 1.54) is 0 Å². The standard InChI is InChI=1S/C15H19NO2S/c1-4-6-9-14(5-2)16-19(17,18)15-10-7-8-13(3)11-12-15/h4-12,15-16H,1H2,2-3H3/b9-6-,14-5+. The highest BCUT2D eigenvalue weighted by molar-refractivity contribution is 7.90. The van der Waals surface area contributed by atoms with Gasteiger partial charge in [-0.1, -0.05) is 60.8 Å². The van der Waals surface area contributed by atoms with Crippen LogP contribution in [-0.2, 0) is 10.0 Å². The van der Waals surface area contributed by atoms with Gasteiger partial charge in [-0.15, -0.1) is 0 Å². The number of allylic oxidation sites excluding steroid dienone is 8. The molecule has 3 nitrogen and oxygen atoms in total. The summed E-state index contributed by atoms with van der Waals surface area (Å²) in [6, 6.07) is 0. The third kappa shape index (κ3) is 4.75. The zero-order valence-corrected chi connectivity index (χ0v) is 12.0. The predicted octanol–water partition coefficient (Wildman–Crippen LogP) is 2.99. The second kappa shape index (κ2) is 6.95. The van der Waals surface area contributed by atoms with Crippen molar-refractivity contribution < 1.29 is 8.42 Å². The Kier molecular flexibility index (Phi) is 5.57. The number of rotatable bonds is 5. The van der Waals surface area contributed by atoms with E-state index in [4.69, 9.17) is 0 Å². The van der Waals surface area contributed by atoms with Crippen LogP contribution >= 0.6 is 0 Å². The van der Waals surface area contributed by atoms with Crippen LogP contribution in [0.3, 0.4) is 0 Å². The van der Waals surface area contributed by atoms with Gasteiger partial charge < -0.3 is 0 Å². The van der Waals surface area contributed by atoms with Gasteiger partial charge in [0.25, 0.3) is 0 Å². The van der Waals surface area contributed by atoms with E-state index in [0.29, 0.717) is 5.70 Å². The van der Waals surface area contributed by atoms with Crippen molar-refractivity contribution in [3.05, 3.63) is 72.5 Å². The molecule has 0 spiro atoms. The Morgan fingerprint density at radius 2 is 2.16 bits per heavy atom. The molecule has 0 saturated carbocycles. The fourth-order valence-corrected chi connectivity index (χ4v) is 2.72. The summed E-state index contributed by atoms with van der Waals surface area (Å²) in [4.78, 5) is 0. The lowest BCUT2D eigenvalue weighted by molar-refractivity contribution is 0.587. The largest absolute Gasteiger partial charge is 0.283 e. The van der Waals surface area contributed by atoms with Crippen molar-refractivity contribution in [2.24, 2.45) is 0 Å². The molecule has 0 aromatic rings. The molecule has 0 amide bonds. The molecule has 1 atom stereocenters. The maximum Gasteiger partial charge on any atom is 0.242 e. The summed E-state index contributed by atoms with van der Waals surface area (Å²) in [5.74, 6) is 0. The molecule has 1 N–H and O–H groups in total. The minimum absolute atomic E-state index is 0.524. The van der Waals surface area contributed by atoms with Gasteiger partial charge in [0.2, 0.25) is 10.0 Å². The summed E-state index contributed by atoms with van der Waals surface area (Å²) in [6.07, 6.45) is 15.4. The summed E-state index contributed by atoms with van der Waals surface area (Å²) in [5, 5.41) is -0.673. The van der Waals surface area contributed by atoms with Gasteiger partial charge in [0.15, 0.2) is 0 Å². The highest BCUT2D eigenvalue weighted by atomic mass is 32.2. The van der Waals surface area contributed by atoms with E-state index in [-0.39, 0.29) is 0 Å². The molecule has 0 saturated heterocycles. The summed E-state index contributed by atoms with van der Waals surface area (Å²) in [5.41, 5.74) is 1.54. The van der Waals surface area contributed by atoms with E-state index >= 15 is 0 Å². The van der Waals surface area contributed by atoms with Crippen LogP contribution in [0.15, 0.2) is 72.5 Å². The van der Waals surface area contributed by atoms with Crippen molar-refractivity contribution in [2.45, 2.75) is 19.1 Å². The van der Waals surface area contributed by atoms with Crippen LogP contribution in [0.25, 0.3) is 0 Å². The van der Waals surface area contributed by atoms with Crippen LogP contribution in [0.1, 0.15) is 13.8 Å². The molecule has 0 heterocycles. The fourth-order valence-electron chi connectivity index (χ4n) is 1.48. The normalized spacial score (nSPS) is 20.2. The first-order valence-corrected chi connectivity index (χ1v) is 7.54. The summed E-state index contributed by atoms with van der Waals surface area (Å²) >= 11 is 0. The van der Waals surface area contributed by atoms with Crippen LogP contribution in [0, 0.1) is 0 Å². The van der Waals surface area contributed by atoms with Gasteiger partial charge in [-0.2, -0.15) is 0 Å². The Hall–Kier alpha value is -1.81. The van der Waals surface area contributed by atoms with Gasteiger partial charge in [-0.25, -0.2) is 8.42 Å². The first-order chi connectivity index (χ1) is 8.99. The number of hydrogen-bond donors (Lipinski definition) is 1. The van der Waals surface area contributed by atoms with Crippen LogP contribution in [0.2, 0.25) is 0 Å². The van der Waals surface area contributed by atoms with Crippen molar-refractivity contribution in [3.63, 3.8) is 0 Å². The summed E-state index contributed by atoms with van der Waals surface area (Å²) < 4.78 is 27.0. The first kappa shape index (κ1) is 15.2. The third-order valence-corrected chi connectivity index (χ3v) is 4.10. The average Bonchev–Trinajstić information content (AvgIpc) is 2.59. The van der Waals surface area contributed by atoms with E-state index in [1.54, 1.807) is 55.5 Å². The van der Waals surface area contributed by atoms with E-state index < -0.39 is 15.3 Å². The maximum absolute atomic E-state index is 12.2. The van der Waals surface area contributed by atoms with Crippen molar-refractivity contribution in [1.29, 1.82) is 0 Å². The lowest BCUT2D eigenvalue weighted by atomic mass is 10.3. The molecule has 1 unspecified atom stereocenters. The molecule has 102 valence electrons. The minimum atomic E-state index is -3.48. The topological polar surface area (TPSA) is 46.2 Å². The Morgan fingerprint density at radius 1 is 1.42 bits per heavy atom. The first-order valence-electron chi connectivity index (χ1n) is 6.00. The average molecular weight is 277 g/mol. The Balaban J connectivity index is 2.91. The van der Waals surface area contributed by atoms with Gasteiger partial charge in [-0.05, 0) is 19.9 Å². The Morgan fingerprint density at radius 3 is 2.79 bits per heavy atom. The Bertz CT molecular complexity index is 575. The van der Waals surface area contributed by atoms with Crippen molar-refractivity contribution >= 4 is 10.0 Å². The van der Waals surface area contributed by atoms with E-state index in [2.05, 4.69) is 11.3 Å². The fraction of sp³-hybridized carbons (Fsp3) is 0.200. The SMILES string of the molecule is C=C/C=C\C(=C/C)NS(=O)(=O)C1C=CC=C(C)C=C1. The highest BCUT2D eigenvalue weighted by Crippen LogP contribution is 2.12. The van der Waals surface area contributed by atoms with Crippen molar-refractivity contribution in [3.8, 4) is 0 Å². The van der Waals surface area contributed by atoms with E-state index in [0.717, 1.165) is 5.57 Å². The van der Waals surface area contributed by atoms with Crippen LogP contribution in [0.5, 0.6) is 0 Å². The number of hydrogen-bond acceptors (Lipinski definition) is 2. The molecular weight excluding hydrogens is 258 g/mol. The molecule has 1 aliphatic carbocycles. The molecule has 0 fully saturated rings. The summed E-state index contributed by atoms with van der Waals surface area (Å²) in [6.45, 7) is 7.25. The lowest BCUT2D eigenvalue weighted by Crippen LogP contribution is -2.31. The van der Waals surface area contributed by atoms with Crippen molar-refractivity contribution in [1.82, 2.24) is 4.72 Å². The van der Waals surface area contributed by atoms with Gasteiger partial charge in [0.1, 0.15) is 5.25 Å². The molecular formula is C15H19NO2S. The van der Waals surface area contributed by atoms with Crippen LogP contribution in [0.4, 0.5) is 0 Å². The maximum atomic E-state index is 12.2. The Labute approximate surface area is 115 Å². The monoisotopic (exact) mass is 277 g/mol. The van der Waals surface area contributed by atoms with Crippen LogP contribution < -0.4 is 4.72 Å². The number of nitrogens with one attached hydrogen (secondary N) is 1. The molecule has 0 bridgehead atoms. The molecule has 0 radical (unpaired) electrons. The van der Waals surface area contributed by atoms with E-state index in [1.807, 2.05) is 13.0 Å². The minimum Gasteiger partial charge on any atom is -0.283 e. The smallest absolute Gasteiger partial charge is 0.242 e. The molecule has 0 aromatic carbocycles. The second-order valence-electron chi connectivity index (χ2n) is 4.11. The third-order valence-electron chi connectivity index (χ3n) is 2.55. The lowest BCUT2D eigenvalue weighted by Gasteiger charge is -2.12. The quantitative estimate of drug-likeness (QED) is 0.785. The zero-order valence-electron chi connectivity index (χ0n) is 11.2. The molecule has 1 rings (SSSR count).